The van der Waals surface area contributed by atoms with Gasteiger partial charge in [-0.3, -0.25) is 4.79 Å². The maximum Gasteiger partial charge on any atom is 0.188 e. The van der Waals surface area contributed by atoms with Crippen molar-refractivity contribution in [3.05, 3.63) is 63.1 Å². The van der Waals surface area contributed by atoms with Crippen LogP contribution >= 0.6 is 31.8 Å². The SMILES string of the molecule is Cc1ccc(C)c(PC(=O)c2c(Cl)cccc2Cl)c1.[Li]. The molecule has 2 aromatic carbocycles. The van der Waals surface area contributed by atoms with Crippen LogP contribution in [0.3, 0.4) is 0 Å². The van der Waals surface area contributed by atoms with Gasteiger partial charge in [0.25, 0.3) is 0 Å². The van der Waals surface area contributed by atoms with Gasteiger partial charge in [-0.05, 0) is 45.4 Å². The van der Waals surface area contributed by atoms with E-state index in [1.807, 2.05) is 32.0 Å². The van der Waals surface area contributed by atoms with Crippen molar-refractivity contribution in [2.75, 3.05) is 0 Å². The number of hydrogen-bond donors (Lipinski definition) is 0. The smallest absolute Gasteiger partial charge is 0.188 e. The van der Waals surface area contributed by atoms with E-state index in [2.05, 4.69) is 0 Å². The Bertz CT molecular complexity index is 624. The van der Waals surface area contributed by atoms with Gasteiger partial charge in [0.2, 0.25) is 0 Å². The molecule has 1 radical (unpaired) electrons. The second-order valence-corrected chi connectivity index (χ2v) is 6.43. The van der Waals surface area contributed by atoms with E-state index in [-0.39, 0.29) is 33.0 Å². The fourth-order valence-electron chi connectivity index (χ4n) is 1.77. The van der Waals surface area contributed by atoms with E-state index in [1.54, 1.807) is 18.2 Å². The first kappa shape index (κ1) is 17.8. The Morgan fingerprint density at radius 2 is 1.65 bits per heavy atom. The molecule has 0 spiro atoms. The van der Waals surface area contributed by atoms with Crippen LogP contribution in [0.1, 0.15) is 21.5 Å². The van der Waals surface area contributed by atoms with E-state index < -0.39 is 0 Å². The van der Waals surface area contributed by atoms with Gasteiger partial charge in [-0.15, -0.1) is 0 Å². The molecule has 0 bridgehead atoms. The molecule has 0 aliphatic carbocycles. The maximum atomic E-state index is 12.4. The first-order valence-electron chi connectivity index (χ1n) is 5.81. The number of hydrogen-bond acceptors (Lipinski definition) is 1. The van der Waals surface area contributed by atoms with E-state index in [9.17, 15) is 4.79 Å². The minimum Gasteiger partial charge on any atom is -0.289 e. The zero-order chi connectivity index (χ0) is 14.0. The van der Waals surface area contributed by atoms with Crippen LogP contribution < -0.4 is 5.30 Å². The van der Waals surface area contributed by atoms with Crippen molar-refractivity contribution in [3.63, 3.8) is 0 Å². The molecular formula is C15H13Cl2LiOP. The van der Waals surface area contributed by atoms with E-state index in [0.717, 1.165) is 16.4 Å². The van der Waals surface area contributed by atoms with Crippen LogP contribution in [0.15, 0.2) is 36.4 Å². The molecule has 0 saturated carbocycles. The van der Waals surface area contributed by atoms with Gasteiger partial charge >= 0.3 is 0 Å². The normalized spacial score (nSPS) is 10.6. The van der Waals surface area contributed by atoms with E-state index >= 15 is 0 Å². The third-order valence-electron chi connectivity index (χ3n) is 2.83. The van der Waals surface area contributed by atoms with Crippen LogP contribution in [0.4, 0.5) is 0 Å². The van der Waals surface area contributed by atoms with Crippen molar-refractivity contribution in [2.24, 2.45) is 0 Å². The third kappa shape index (κ3) is 4.11. The molecule has 0 aromatic heterocycles. The topological polar surface area (TPSA) is 17.1 Å². The van der Waals surface area contributed by atoms with Gasteiger partial charge in [0, 0.05) is 18.9 Å². The molecule has 0 aliphatic rings. The second kappa shape index (κ2) is 7.65. The Morgan fingerprint density at radius 1 is 1.05 bits per heavy atom. The van der Waals surface area contributed by atoms with Gasteiger partial charge in [0.15, 0.2) is 5.52 Å². The van der Waals surface area contributed by atoms with E-state index in [0.29, 0.717) is 15.6 Å². The van der Waals surface area contributed by atoms with Crippen molar-refractivity contribution in [2.45, 2.75) is 13.8 Å². The molecule has 0 aliphatic heterocycles. The predicted molar refractivity (Wildman–Crippen MR) is 90.4 cm³/mol. The zero-order valence-corrected chi connectivity index (χ0v) is 14.1. The van der Waals surface area contributed by atoms with E-state index in [1.165, 1.54) is 0 Å². The molecular weight excluding hydrogens is 305 g/mol. The van der Waals surface area contributed by atoms with Crippen LogP contribution in [0.25, 0.3) is 0 Å². The quantitative estimate of drug-likeness (QED) is 0.606. The molecule has 0 amide bonds. The third-order valence-corrected chi connectivity index (χ3v) is 4.75. The summed E-state index contributed by atoms with van der Waals surface area (Å²) in [4.78, 5) is 12.4. The minimum atomic E-state index is -0.0238. The molecule has 20 heavy (non-hydrogen) atoms. The monoisotopic (exact) mass is 317 g/mol. The van der Waals surface area contributed by atoms with Crippen LogP contribution in [0.5, 0.6) is 0 Å². The molecule has 2 aromatic rings. The molecule has 0 heterocycles. The number of aryl methyl sites for hydroxylation is 2. The Morgan fingerprint density at radius 3 is 2.25 bits per heavy atom. The summed E-state index contributed by atoms with van der Waals surface area (Å²) < 4.78 is 0. The molecule has 5 heteroatoms. The molecule has 0 saturated heterocycles. The van der Waals surface area contributed by atoms with Crippen LogP contribution in [0, 0.1) is 13.8 Å². The zero-order valence-electron chi connectivity index (χ0n) is 11.6. The molecule has 1 nitrogen and oxygen atoms in total. The van der Waals surface area contributed by atoms with Gasteiger partial charge in [-0.1, -0.05) is 53.0 Å². The van der Waals surface area contributed by atoms with E-state index in [4.69, 9.17) is 23.2 Å². The first-order valence-corrected chi connectivity index (χ1v) is 7.57. The first-order chi connectivity index (χ1) is 8.99. The van der Waals surface area contributed by atoms with Crippen molar-refractivity contribution in [1.29, 1.82) is 0 Å². The van der Waals surface area contributed by atoms with Crippen molar-refractivity contribution in [3.8, 4) is 0 Å². The Kier molecular flexibility index (Phi) is 6.79. The molecule has 0 N–H and O–H groups in total. The predicted octanol–water partition coefficient (Wildman–Crippen LogP) is 4.37. The fourth-order valence-corrected chi connectivity index (χ4v) is 3.72. The summed E-state index contributed by atoms with van der Waals surface area (Å²) in [6.07, 6.45) is 0. The summed E-state index contributed by atoms with van der Waals surface area (Å²) in [5, 5.41) is 1.87. The minimum absolute atomic E-state index is 0. The molecule has 1 unspecified atom stereocenters. The van der Waals surface area contributed by atoms with Crippen molar-refractivity contribution < 1.29 is 4.79 Å². The van der Waals surface area contributed by atoms with Crippen LogP contribution in [-0.4, -0.2) is 24.4 Å². The average Bonchev–Trinajstić information content (AvgIpc) is 2.33. The van der Waals surface area contributed by atoms with Gasteiger partial charge < -0.3 is 0 Å². The summed E-state index contributed by atoms with van der Waals surface area (Å²) in [5.41, 5.74) is 2.65. The van der Waals surface area contributed by atoms with Gasteiger partial charge in [0.1, 0.15) is 0 Å². The molecule has 1 atom stereocenters. The summed E-state index contributed by atoms with van der Waals surface area (Å²) in [7, 11) is 0.0359. The maximum absolute atomic E-state index is 12.4. The van der Waals surface area contributed by atoms with Crippen LogP contribution in [0.2, 0.25) is 10.0 Å². The number of carbonyl (C=O) groups is 1. The standard InChI is InChI=1S/C15H13Cl2OP.Li/c1-9-6-7-10(2)13(8-9)19-15(18)14-11(16)4-3-5-12(14)17;/h3-8,19H,1-2H3;. The summed E-state index contributed by atoms with van der Waals surface area (Å²) in [5.74, 6) is 0. The Labute approximate surface area is 143 Å². The summed E-state index contributed by atoms with van der Waals surface area (Å²) in [6.45, 7) is 4.02. The number of benzene rings is 2. The largest absolute Gasteiger partial charge is 0.289 e. The van der Waals surface area contributed by atoms with Gasteiger partial charge in [0.05, 0.1) is 15.6 Å². The summed E-state index contributed by atoms with van der Waals surface area (Å²) in [6, 6.07) is 11.2. The number of carbonyl (C=O) groups excluding carboxylic acids is 1. The Balaban J connectivity index is 0.00000200. The van der Waals surface area contributed by atoms with Crippen molar-refractivity contribution >= 4 is 61.5 Å². The van der Waals surface area contributed by atoms with Gasteiger partial charge in [-0.25, -0.2) is 0 Å². The molecule has 2 rings (SSSR count). The second-order valence-electron chi connectivity index (χ2n) is 4.37. The fraction of sp³-hybridized carbons (Fsp3) is 0.133. The Hall–Kier alpha value is -0.283. The summed E-state index contributed by atoms with van der Waals surface area (Å²) >= 11 is 12.1. The van der Waals surface area contributed by atoms with Crippen LogP contribution in [-0.2, 0) is 0 Å². The van der Waals surface area contributed by atoms with Gasteiger partial charge in [-0.2, -0.15) is 0 Å². The van der Waals surface area contributed by atoms with Crippen molar-refractivity contribution in [1.82, 2.24) is 0 Å². The molecule has 99 valence electrons. The average molecular weight is 318 g/mol. The number of halogens is 2. The number of rotatable bonds is 3. The molecule has 0 fully saturated rings.